The van der Waals surface area contributed by atoms with Gasteiger partial charge in [0.15, 0.2) is 0 Å². The minimum Gasteiger partial charge on any atom is -0.342 e. The Labute approximate surface area is 166 Å². The molecule has 3 aliphatic rings. The fourth-order valence-corrected chi connectivity index (χ4v) is 4.46. The Kier molecular flexibility index (Phi) is 6.04. The van der Waals surface area contributed by atoms with Crippen LogP contribution >= 0.6 is 0 Å². The van der Waals surface area contributed by atoms with Gasteiger partial charge in [-0.15, -0.1) is 0 Å². The summed E-state index contributed by atoms with van der Waals surface area (Å²) in [4.78, 5) is 42.3. The third-order valence-electron chi connectivity index (χ3n) is 6.11. The number of rotatable bonds is 4. The summed E-state index contributed by atoms with van der Waals surface area (Å²) in [5.41, 5.74) is 0. The average molecular weight is 387 g/mol. The van der Waals surface area contributed by atoms with Gasteiger partial charge < -0.3 is 14.7 Å². The molecule has 0 radical (unpaired) electrons. The van der Waals surface area contributed by atoms with E-state index in [4.69, 9.17) is 0 Å². The van der Waals surface area contributed by atoms with Crippen molar-refractivity contribution in [2.75, 3.05) is 63.8 Å². The molecule has 0 saturated carbocycles. The molecule has 3 fully saturated rings. The van der Waals surface area contributed by atoms with Crippen LogP contribution in [0.5, 0.6) is 0 Å². The van der Waals surface area contributed by atoms with Crippen molar-refractivity contribution >= 4 is 17.8 Å². The van der Waals surface area contributed by atoms with Crippen molar-refractivity contribution in [3.63, 3.8) is 0 Å². The number of carbonyl (C=O) groups is 2. The largest absolute Gasteiger partial charge is 0.342 e. The second-order valence-electron chi connectivity index (χ2n) is 8.02. The summed E-state index contributed by atoms with van der Waals surface area (Å²) >= 11 is 0. The molecule has 3 saturated heterocycles. The maximum Gasteiger partial charge on any atom is 0.236 e. The molecule has 8 heteroatoms. The van der Waals surface area contributed by atoms with Gasteiger partial charge in [0.1, 0.15) is 0 Å². The molecular formula is C20H30N6O2. The van der Waals surface area contributed by atoms with Crippen LogP contribution in [0.4, 0.5) is 5.95 Å². The summed E-state index contributed by atoms with van der Waals surface area (Å²) in [7, 11) is 0. The van der Waals surface area contributed by atoms with Crippen molar-refractivity contribution in [2.45, 2.75) is 25.7 Å². The third kappa shape index (κ3) is 4.43. The number of amides is 2. The molecule has 1 aromatic heterocycles. The van der Waals surface area contributed by atoms with E-state index in [1.54, 1.807) is 12.4 Å². The Morgan fingerprint density at radius 1 is 0.893 bits per heavy atom. The van der Waals surface area contributed by atoms with E-state index in [9.17, 15) is 9.59 Å². The Bertz CT molecular complexity index is 671. The summed E-state index contributed by atoms with van der Waals surface area (Å²) in [6.45, 7) is 6.88. The second kappa shape index (κ2) is 8.86. The molecule has 1 atom stereocenters. The monoisotopic (exact) mass is 386 g/mol. The molecule has 2 amide bonds. The van der Waals surface area contributed by atoms with Gasteiger partial charge in [0, 0.05) is 64.8 Å². The number of nitrogens with zero attached hydrogens (tertiary/aromatic N) is 6. The molecule has 0 spiro atoms. The minimum atomic E-state index is 0.00957. The predicted molar refractivity (Wildman–Crippen MR) is 106 cm³/mol. The highest BCUT2D eigenvalue weighted by atomic mass is 16.2. The first-order chi connectivity index (χ1) is 13.7. The highest BCUT2D eigenvalue weighted by molar-refractivity contribution is 5.80. The number of carbonyl (C=O) groups excluding carboxylic acids is 2. The van der Waals surface area contributed by atoms with E-state index in [0.29, 0.717) is 32.1 Å². The summed E-state index contributed by atoms with van der Waals surface area (Å²) in [5.74, 6) is 1.20. The molecule has 1 aromatic rings. The predicted octanol–water partition coefficient (Wildman–Crippen LogP) is 0.460. The lowest BCUT2D eigenvalue weighted by atomic mass is 9.96. The zero-order valence-electron chi connectivity index (χ0n) is 16.5. The Balaban J connectivity index is 1.26. The van der Waals surface area contributed by atoms with Crippen LogP contribution in [0.1, 0.15) is 25.7 Å². The minimum absolute atomic E-state index is 0.00957. The van der Waals surface area contributed by atoms with Crippen LogP contribution in [0.3, 0.4) is 0 Å². The molecule has 0 aromatic carbocycles. The normalized spacial score (nSPS) is 23.9. The second-order valence-corrected chi connectivity index (χ2v) is 8.02. The quantitative estimate of drug-likeness (QED) is 0.749. The molecule has 0 N–H and O–H groups in total. The van der Waals surface area contributed by atoms with Gasteiger partial charge in [-0.25, -0.2) is 9.97 Å². The lowest BCUT2D eigenvalue weighted by Crippen LogP contribution is -2.54. The maximum absolute atomic E-state index is 13.0. The van der Waals surface area contributed by atoms with Gasteiger partial charge in [-0.2, -0.15) is 0 Å². The van der Waals surface area contributed by atoms with Gasteiger partial charge in [0.2, 0.25) is 17.8 Å². The molecule has 0 bridgehead atoms. The van der Waals surface area contributed by atoms with Crippen molar-refractivity contribution < 1.29 is 9.59 Å². The van der Waals surface area contributed by atoms with Crippen molar-refractivity contribution in [1.29, 1.82) is 0 Å². The van der Waals surface area contributed by atoms with E-state index in [0.717, 1.165) is 58.4 Å². The van der Waals surface area contributed by atoms with Crippen LogP contribution in [-0.4, -0.2) is 95.4 Å². The van der Waals surface area contributed by atoms with Gasteiger partial charge >= 0.3 is 0 Å². The Morgan fingerprint density at radius 3 is 2.32 bits per heavy atom. The number of piperidine rings is 1. The van der Waals surface area contributed by atoms with Crippen molar-refractivity contribution in [3.05, 3.63) is 18.5 Å². The fourth-order valence-electron chi connectivity index (χ4n) is 4.46. The highest BCUT2D eigenvalue weighted by Gasteiger charge is 2.32. The number of anilines is 1. The van der Waals surface area contributed by atoms with Crippen LogP contribution in [0.25, 0.3) is 0 Å². The molecule has 8 nitrogen and oxygen atoms in total. The molecule has 3 aliphatic heterocycles. The van der Waals surface area contributed by atoms with E-state index < -0.39 is 0 Å². The Hall–Kier alpha value is -2.22. The lowest BCUT2D eigenvalue weighted by molar-refractivity contribution is -0.138. The van der Waals surface area contributed by atoms with E-state index in [2.05, 4.69) is 19.8 Å². The topological polar surface area (TPSA) is 72.9 Å². The van der Waals surface area contributed by atoms with E-state index in [-0.39, 0.29) is 17.7 Å². The van der Waals surface area contributed by atoms with E-state index >= 15 is 0 Å². The van der Waals surface area contributed by atoms with Gasteiger partial charge in [-0.3, -0.25) is 14.5 Å². The number of likely N-dealkylation sites (tertiary alicyclic amines) is 1. The van der Waals surface area contributed by atoms with Gasteiger partial charge in [0.05, 0.1) is 12.5 Å². The highest BCUT2D eigenvalue weighted by Crippen LogP contribution is 2.22. The molecule has 0 unspecified atom stereocenters. The number of aromatic nitrogens is 2. The number of piperazine rings is 1. The standard InChI is InChI=1S/C20H30N6O2/c27-18(24-8-1-2-9-24)16-23-11-13-25(14-12-23)19(28)17-5-3-10-26(15-17)20-21-6-4-7-22-20/h4,6-7,17H,1-3,5,8-16H2/t17-/m0/s1. The maximum atomic E-state index is 13.0. The zero-order chi connectivity index (χ0) is 19.3. The summed E-state index contributed by atoms with van der Waals surface area (Å²) in [6, 6.07) is 1.81. The first kappa shape index (κ1) is 19.1. The zero-order valence-corrected chi connectivity index (χ0v) is 16.5. The van der Waals surface area contributed by atoms with Gasteiger partial charge in [-0.1, -0.05) is 0 Å². The average Bonchev–Trinajstić information content (AvgIpc) is 3.30. The summed E-state index contributed by atoms with van der Waals surface area (Å²) in [5, 5.41) is 0. The SMILES string of the molecule is O=C(CN1CCN(C(=O)[C@H]2CCCN(c3ncccn3)C2)CC1)N1CCCC1. The first-order valence-electron chi connectivity index (χ1n) is 10.5. The van der Waals surface area contributed by atoms with E-state index in [1.807, 2.05) is 15.9 Å². The summed E-state index contributed by atoms with van der Waals surface area (Å²) < 4.78 is 0. The summed E-state index contributed by atoms with van der Waals surface area (Å²) in [6.07, 6.45) is 7.66. The lowest BCUT2D eigenvalue weighted by Gasteiger charge is -2.39. The van der Waals surface area contributed by atoms with Gasteiger partial charge in [-0.05, 0) is 31.7 Å². The van der Waals surface area contributed by atoms with Crippen LogP contribution in [-0.2, 0) is 9.59 Å². The van der Waals surface area contributed by atoms with Crippen LogP contribution in [0.2, 0.25) is 0 Å². The third-order valence-corrected chi connectivity index (χ3v) is 6.11. The molecule has 4 heterocycles. The molecule has 0 aliphatic carbocycles. The van der Waals surface area contributed by atoms with E-state index in [1.165, 1.54) is 0 Å². The number of hydrogen-bond donors (Lipinski definition) is 0. The molecule has 28 heavy (non-hydrogen) atoms. The molecular weight excluding hydrogens is 356 g/mol. The number of hydrogen-bond acceptors (Lipinski definition) is 6. The molecule has 4 rings (SSSR count). The van der Waals surface area contributed by atoms with Crippen LogP contribution in [0, 0.1) is 5.92 Å². The first-order valence-corrected chi connectivity index (χ1v) is 10.5. The molecule has 152 valence electrons. The van der Waals surface area contributed by atoms with Crippen molar-refractivity contribution in [1.82, 2.24) is 24.7 Å². The van der Waals surface area contributed by atoms with Gasteiger partial charge in [0.25, 0.3) is 0 Å². The Morgan fingerprint density at radius 2 is 1.61 bits per heavy atom. The smallest absolute Gasteiger partial charge is 0.236 e. The van der Waals surface area contributed by atoms with Crippen molar-refractivity contribution in [2.24, 2.45) is 5.92 Å². The van der Waals surface area contributed by atoms with Crippen LogP contribution in [0.15, 0.2) is 18.5 Å². The van der Waals surface area contributed by atoms with Crippen LogP contribution < -0.4 is 4.90 Å². The van der Waals surface area contributed by atoms with Crippen molar-refractivity contribution in [3.8, 4) is 0 Å². The fraction of sp³-hybridized carbons (Fsp3) is 0.700.